The van der Waals surface area contributed by atoms with Gasteiger partial charge in [-0.15, -0.1) is 10.2 Å². The normalized spacial score (nSPS) is 18.7. The molecule has 1 aliphatic heterocycles. The molecule has 2 rings (SSSR count). The molecule has 8 heteroatoms. The van der Waals surface area contributed by atoms with E-state index in [-0.39, 0.29) is 36.9 Å². The van der Waals surface area contributed by atoms with Crippen LogP contribution in [0.3, 0.4) is 0 Å². The molecule has 1 aromatic rings. The van der Waals surface area contributed by atoms with E-state index in [1.54, 1.807) is 4.90 Å². The van der Waals surface area contributed by atoms with Gasteiger partial charge in [0, 0.05) is 31.6 Å². The smallest absolute Gasteiger partial charge is 0.237 e. The second-order valence-corrected chi connectivity index (χ2v) is 6.90. The van der Waals surface area contributed by atoms with Gasteiger partial charge in [0.1, 0.15) is 0 Å². The number of nitrogens with one attached hydrogen (secondary N) is 1. The molecular formula is C17H29N5O3. The van der Waals surface area contributed by atoms with E-state index in [2.05, 4.69) is 20.4 Å². The zero-order valence-electron chi connectivity index (χ0n) is 15.8. The van der Waals surface area contributed by atoms with Crippen LogP contribution < -0.4 is 5.32 Å². The SMILES string of the molecule is CCc1nnc(CN(C(=O)C[C@H]2C(=O)NCCN2C(C)C)C(C)C)o1. The van der Waals surface area contributed by atoms with Crippen LogP contribution in [-0.2, 0) is 22.6 Å². The molecule has 0 bridgehead atoms. The predicted octanol–water partition coefficient (Wildman–Crippen LogP) is 0.968. The summed E-state index contributed by atoms with van der Waals surface area (Å²) in [6.45, 7) is 11.5. The van der Waals surface area contributed by atoms with Crippen LogP contribution in [0.5, 0.6) is 0 Å². The molecule has 0 unspecified atom stereocenters. The van der Waals surface area contributed by atoms with Gasteiger partial charge in [0.05, 0.1) is 19.0 Å². The first kappa shape index (κ1) is 19.4. The van der Waals surface area contributed by atoms with Crippen molar-refractivity contribution in [3.8, 4) is 0 Å². The molecule has 1 aliphatic rings. The highest BCUT2D eigenvalue weighted by atomic mass is 16.4. The Morgan fingerprint density at radius 1 is 1.32 bits per heavy atom. The third kappa shape index (κ3) is 4.78. The molecule has 140 valence electrons. The third-order valence-electron chi connectivity index (χ3n) is 4.46. The second-order valence-electron chi connectivity index (χ2n) is 6.90. The molecule has 0 aromatic carbocycles. The summed E-state index contributed by atoms with van der Waals surface area (Å²) in [5, 5.41) is 10.8. The summed E-state index contributed by atoms with van der Waals surface area (Å²) in [4.78, 5) is 28.9. The first-order valence-corrected chi connectivity index (χ1v) is 8.97. The number of aryl methyl sites for hydroxylation is 1. The third-order valence-corrected chi connectivity index (χ3v) is 4.46. The summed E-state index contributed by atoms with van der Waals surface area (Å²) in [5.41, 5.74) is 0. The molecule has 1 N–H and O–H groups in total. The van der Waals surface area contributed by atoms with Crippen LogP contribution in [0, 0.1) is 0 Å². The highest BCUT2D eigenvalue weighted by Gasteiger charge is 2.34. The molecule has 2 amide bonds. The van der Waals surface area contributed by atoms with Crippen molar-refractivity contribution in [2.45, 2.75) is 72.1 Å². The lowest BCUT2D eigenvalue weighted by Gasteiger charge is -2.38. The first-order chi connectivity index (χ1) is 11.8. The van der Waals surface area contributed by atoms with Gasteiger partial charge in [-0.3, -0.25) is 14.5 Å². The Hall–Kier alpha value is -1.96. The van der Waals surface area contributed by atoms with E-state index < -0.39 is 6.04 Å². The lowest BCUT2D eigenvalue weighted by atomic mass is 10.1. The van der Waals surface area contributed by atoms with Gasteiger partial charge in [-0.05, 0) is 27.7 Å². The van der Waals surface area contributed by atoms with Crippen LogP contribution in [0.2, 0.25) is 0 Å². The monoisotopic (exact) mass is 351 g/mol. The Morgan fingerprint density at radius 3 is 2.56 bits per heavy atom. The predicted molar refractivity (Wildman–Crippen MR) is 92.6 cm³/mol. The molecule has 8 nitrogen and oxygen atoms in total. The second kappa shape index (κ2) is 8.42. The molecule has 0 aliphatic carbocycles. The molecule has 0 saturated carbocycles. The topological polar surface area (TPSA) is 91.6 Å². The minimum atomic E-state index is -0.434. The highest BCUT2D eigenvalue weighted by Crippen LogP contribution is 2.17. The van der Waals surface area contributed by atoms with Crippen molar-refractivity contribution in [1.82, 2.24) is 25.3 Å². The maximum Gasteiger partial charge on any atom is 0.237 e. The zero-order valence-corrected chi connectivity index (χ0v) is 15.8. The number of hydrogen-bond acceptors (Lipinski definition) is 6. The van der Waals surface area contributed by atoms with Crippen molar-refractivity contribution in [2.24, 2.45) is 0 Å². The molecule has 0 spiro atoms. The van der Waals surface area contributed by atoms with Crippen LogP contribution in [0.1, 0.15) is 52.8 Å². The Labute approximate surface area is 148 Å². The molecule has 1 aromatic heterocycles. The Kier molecular flexibility index (Phi) is 6.52. The molecule has 2 heterocycles. The van der Waals surface area contributed by atoms with Crippen molar-refractivity contribution in [2.75, 3.05) is 13.1 Å². The van der Waals surface area contributed by atoms with Crippen LogP contribution in [0.25, 0.3) is 0 Å². The average Bonchev–Trinajstić information content (AvgIpc) is 3.01. The fourth-order valence-corrected chi connectivity index (χ4v) is 3.04. The van der Waals surface area contributed by atoms with Crippen LogP contribution in [0.4, 0.5) is 0 Å². The Morgan fingerprint density at radius 2 is 2.00 bits per heavy atom. The number of hydrogen-bond donors (Lipinski definition) is 1. The molecular weight excluding hydrogens is 322 g/mol. The highest BCUT2D eigenvalue weighted by molar-refractivity contribution is 5.89. The van der Waals surface area contributed by atoms with E-state index in [9.17, 15) is 9.59 Å². The Balaban J connectivity index is 2.09. The van der Waals surface area contributed by atoms with Gasteiger partial charge in [-0.1, -0.05) is 6.92 Å². The molecule has 25 heavy (non-hydrogen) atoms. The van der Waals surface area contributed by atoms with Gasteiger partial charge in [0.2, 0.25) is 23.6 Å². The summed E-state index contributed by atoms with van der Waals surface area (Å²) in [6.07, 6.45) is 0.811. The standard InChI is InChI=1S/C17H29N5O3/c1-6-14-19-20-15(25-14)10-22(12(4)5)16(23)9-13-17(24)18-7-8-21(13)11(2)3/h11-13H,6-10H2,1-5H3,(H,18,24)/t13-/m0/s1. The number of piperazine rings is 1. The van der Waals surface area contributed by atoms with Crippen molar-refractivity contribution < 1.29 is 14.0 Å². The van der Waals surface area contributed by atoms with Gasteiger partial charge in [-0.2, -0.15) is 0 Å². The van der Waals surface area contributed by atoms with Gasteiger partial charge >= 0.3 is 0 Å². The number of carbonyl (C=O) groups excluding carboxylic acids is 2. The summed E-state index contributed by atoms with van der Waals surface area (Å²) in [5.74, 6) is 0.818. The van der Waals surface area contributed by atoms with Crippen molar-refractivity contribution in [3.05, 3.63) is 11.8 Å². The minimum Gasteiger partial charge on any atom is -0.423 e. The van der Waals surface area contributed by atoms with Gasteiger partial charge in [0.15, 0.2) is 0 Å². The summed E-state index contributed by atoms with van der Waals surface area (Å²) in [7, 11) is 0. The molecule has 1 fully saturated rings. The van der Waals surface area contributed by atoms with Crippen LogP contribution in [-0.4, -0.2) is 63.0 Å². The zero-order chi connectivity index (χ0) is 18.6. The summed E-state index contributed by atoms with van der Waals surface area (Å²) in [6, 6.07) is -0.251. The lowest BCUT2D eigenvalue weighted by Crippen LogP contribution is -2.58. The van der Waals surface area contributed by atoms with E-state index in [4.69, 9.17) is 4.42 Å². The fourth-order valence-electron chi connectivity index (χ4n) is 3.04. The molecule has 0 radical (unpaired) electrons. The number of amides is 2. The minimum absolute atomic E-state index is 0.0244. The van der Waals surface area contributed by atoms with Crippen LogP contribution >= 0.6 is 0 Å². The van der Waals surface area contributed by atoms with Crippen molar-refractivity contribution in [3.63, 3.8) is 0 Å². The van der Waals surface area contributed by atoms with Gasteiger partial charge < -0.3 is 14.6 Å². The van der Waals surface area contributed by atoms with E-state index in [0.717, 1.165) is 6.54 Å². The Bertz CT molecular complexity index is 599. The molecule has 1 atom stereocenters. The van der Waals surface area contributed by atoms with Crippen molar-refractivity contribution >= 4 is 11.8 Å². The number of aromatic nitrogens is 2. The largest absolute Gasteiger partial charge is 0.423 e. The van der Waals surface area contributed by atoms with Crippen molar-refractivity contribution in [1.29, 1.82) is 0 Å². The van der Waals surface area contributed by atoms with Gasteiger partial charge in [0.25, 0.3) is 0 Å². The van der Waals surface area contributed by atoms with E-state index in [1.165, 1.54) is 0 Å². The van der Waals surface area contributed by atoms with Crippen LogP contribution in [0.15, 0.2) is 4.42 Å². The quantitative estimate of drug-likeness (QED) is 0.787. The lowest BCUT2D eigenvalue weighted by molar-refractivity contribution is -0.141. The fraction of sp³-hybridized carbons (Fsp3) is 0.765. The maximum absolute atomic E-state index is 12.9. The van der Waals surface area contributed by atoms with E-state index >= 15 is 0 Å². The number of nitrogens with zero attached hydrogens (tertiary/aromatic N) is 4. The number of rotatable bonds is 7. The average molecular weight is 351 g/mol. The molecule has 1 saturated heterocycles. The summed E-state index contributed by atoms with van der Waals surface area (Å²) < 4.78 is 5.53. The van der Waals surface area contributed by atoms with E-state index in [1.807, 2.05) is 34.6 Å². The number of carbonyl (C=O) groups is 2. The summed E-state index contributed by atoms with van der Waals surface area (Å²) >= 11 is 0. The maximum atomic E-state index is 12.9. The van der Waals surface area contributed by atoms with Gasteiger partial charge in [-0.25, -0.2) is 0 Å². The van der Waals surface area contributed by atoms with E-state index in [0.29, 0.717) is 24.7 Å². The first-order valence-electron chi connectivity index (χ1n) is 8.97.